The molecule has 130 valence electrons. The van der Waals surface area contributed by atoms with Gasteiger partial charge in [0.05, 0.1) is 6.54 Å². The minimum absolute atomic E-state index is 0. The van der Waals surface area contributed by atoms with Gasteiger partial charge in [0.15, 0.2) is 0 Å². The largest absolute Gasteiger partial charge is 0.339 e. The summed E-state index contributed by atoms with van der Waals surface area (Å²) < 4.78 is 0. The van der Waals surface area contributed by atoms with Crippen LogP contribution in [0.2, 0.25) is 0 Å². The molecule has 0 aromatic rings. The van der Waals surface area contributed by atoms with Crippen LogP contribution in [0.4, 0.5) is 0 Å². The van der Waals surface area contributed by atoms with Gasteiger partial charge in [-0.05, 0) is 70.6 Å². The minimum atomic E-state index is 0. The van der Waals surface area contributed by atoms with E-state index in [1.807, 2.05) is 0 Å². The zero-order chi connectivity index (χ0) is 15.1. The van der Waals surface area contributed by atoms with E-state index in [0.717, 1.165) is 45.1 Å². The predicted octanol–water partition coefficient (Wildman–Crippen LogP) is 2.52. The number of hydrogen-bond acceptors (Lipinski definition) is 3. The van der Waals surface area contributed by atoms with Crippen LogP contribution in [0.1, 0.15) is 52.4 Å². The van der Waals surface area contributed by atoms with Gasteiger partial charge >= 0.3 is 0 Å². The molecule has 22 heavy (non-hydrogen) atoms. The highest BCUT2D eigenvalue weighted by Crippen LogP contribution is 2.21. The van der Waals surface area contributed by atoms with Gasteiger partial charge in [0.1, 0.15) is 0 Å². The highest BCUT2D eigenvalue weighted by Gasteiger charge is 2.27. The lowest BCUT2D eigenvalue weighted by Gasteiger charge is -2.38. The lowest BCUT2D eigenvalue weighted by Crippen LogP contribution is -2.49. The summed E-state index contributed by atoms with van der Waals surface area (Å²) in [6, 6.07) is 0.498. The summed E-state index contributed by atoms with van der Waals surface area (Å²) in [6.45, 7) is 10.4. The van der Waals surface area contributed by atoms with E-state index >= 15 is 0 Å². The number of nitrogens with one attached hydrogen (secondary N) is 1. The van der Waals surface area contributed by atoms with Crippen molar-refractivity contribution in [2.24, 2.45) is 5.92 Å². The third-order valence-electron chi connectivity index (χ3n) is 5.17. The number of carbonyl (C=O) groups excluding carboxylic acids is 1. The van der Waals surface area contributed by atoms with E-state index in [1.165, 1.54) is 32.1 Å². The average Bonchev–Trinajstić information content (AvgIpc) is 2.54. The number of rotatable bonds is 6. The first-order valence-corrected chi connectivity index (χ1v) is 8.97. The number of amides is 1. The highest BCUT2D eigenvalue weighted by molar-refractivity contribution is 5.85. The van der Waals surface area contributed by atoms with Gasteiger partial charge in [-0.2, -0.15) is 0 Å². The molecule has 0 radical (unpaired) electrons. The molecule has 0 bridgehead atoms. The van der Waals surface area contributed by atoms with Crippen molar-refractivity contribution in [1.29, 1.82) is 0 Å². The average molecular weight is 332 g/mol. The molecule has 2 saturated heterocycles. The second-order valence-electron chi connectivity index (χ2n) is 6.67. The number of halogens is 1. The van der Waals surface area contributed by atoms with Crippen molar-refractivity contribution < 1.29 is 4.79 Å². The first-order valence-electron chi connectivity index (χ1n) is 8.97. The molecule has 2 fully saturated rings. The third kappa shape index (κ3) is 5.71. The van der Waals surface area contributed by atoms with E-state index in [9.17, 15) is 4.79 Å². The fraction of sp³-hybridized carbons (Fsp3) is 0.941. The van der Waals surface area contributed by atoms with Crippen LogP contribution in [-0.2, 0) is 4.79 Å². The summed E-state index contributed by atoms with van der Waals surface area (Å²) in [5.74, 6) is 1.17. The maximum absolute atomic E-state index is 12.6. The van der Waals surface area contributed by atoms with Crippen LogP contribution < -0.4 is 5.32 Å². The number of nitrogens with zero attached hydrogens (tertiary/aromatic N) is 2. The van der Waals surface area contributed by atoms with E-state index in [2.05, 4.69) is 29.0 Å². The smallest absolute Gasteiger partial charge is 0.236 e. The number of piperidine rings is 2. The van der Waals surface area contributed by atoms with Gasteiger partial charge in [0.25, 0.3) is 0 Å². The standard InChI is InChI=1S/C17H33N3O.ClH/c1-3-16-7-5-6-10-20(16)17(21)14-19-11-8-15(9-12-19)13-18-4-2;/h15-16,18H,3-14H2,1-2H3;1H. The van der Waals surface area contributed by atoms with E-state index in [4.69, 9.17) is 0 Å². The number of hydrogen-bond donors (Lipinski definition) is 1. The van der Waals surface area contributed by atoms with Crippen molar-refractivity contribution in [2.45, 2.75) is 58.4 Å². The van der Waals surface area contributed by atoms with E-state index in [0.29, 0.717) is 18.5 Å². The molecule has 0 aliphatic carbocycles. The van der Waals surface area contributed by atoms with E-state index < -0.39 is 0 Å². The molecule has 2 aliphatic heterocycles. The van der Waals surface area contributed by atoms with E-state index in [-0.39, 0.29) is 12.4 Å². The summed E-state index contributed by atoms with van der Waals surface area (Å²) >= 11 is 0. The second kappa shape index (κ2) is 10.5. The first-order chi connectivity index (χ1) is 10.2. The Kier molecular flexibility index (Phi) is 9.37. The Morgan fingerprint density at radius 1 is 1.09 bits per heavy atom. The molecule has 2 rings (SSSR count). The molecule has 4 nitrogen and oxygen atoms in total. The highest BCUT2D eigenvalue weighted by atomic mass is 35.5. The number of likely N-dealkylation sites (tertiary alicyclic amines) is 2. The molecule has 1 atom stereocenters. The van der Waals surface area contributed by atoms with Crippen molar-refractivity contribution in [3.63, 3.8) is 0 Å². The summed E-state index contributed by atoms with van der Waals surface area (Å²) in [5.41, 5.74) is 0. The molecule has 2 heterocycles. The SMILES string of the molecule is CCNCC1CCN(CC(=O)N2CCCCC2CC)CC1.Cl. The van der Waals surface area contributed by atoms with Crippen molar-refractivity contribution in [1.82, 2.24) is 15.1 Å². The lowest BCUT2D eigenvalue weighted by molar-refractivity contribution is -0.136. The molecular weight excluding hydrogens is 298 g/mol. The zero-order valence-corrected chi connectivity index (χ0v) is 15.2. The Morgan fingerprint density at radius 2 is 1.82 bits per heavy atom. The molecule has 0 saturated carbocycles. The molecule has 0 aromatic carbocycles. The molecule has 0 spiro atoms. The van der Waals surface area contributed by atoms with Crippen molar-refractivity contribution in [2.75, 3.05) is 39.3 Å². The van der Waals surface area contributed by atoms with Gasteiger partial charge in [-0.1, -0.05) is 13.8 Å². The molecular formula is C17H34ClN3O. The van der Waals surface area contributed by atoms with Crippen LogP contribution in [0.3, 0.4) is 0 Å². The van der Waals surface area contributed by atoms with Gasteiger partial charge < -0.3 is 10.2 Å². The van der Waals surface area contributed by atoms with Crippen LogP contribution in [-0.4, -0.2) is 61.0 Å². The molecule has 0 aromatic heterocycles. The quantitative estimate of drug-likeness (QED) is 0.812. The van der Waals surface area contributed by atoms with Crippen LogP contribution in [0, 0.1) is 5.92 Å². The Morgan fingerprint density at radius 3 is 2.45 bits per heavy atom. The Balaban J connectivity index is 0.00000242. The lowest BCUT2D eigenvalue weighted by atomic mass is 9.96. The van der Waals surface area contributed by atoms with Gasteiger partial charge in [0.2, 0.25) is 5.91 Å². The zero-order valence-electron chi connectivity index (χ0n) is 14.4. The fourth-order valence-electron chi connectivity index (χ4n) is 3.73. The summed E-state index contributed by atoms with van der Waals surface area (Å²) in [4.78, 5) is 17.1. The Labute approximate surface area is 142 Å². The minimum Gasteiger partial charge on any atom is -0.339 e. The van der Waals surface area contributed by atoms with Crippen LogP contribution in [0.25, 0.3) is 0 Å². The Hall–Kier alpha value is -0.320. The molecule has 5 heteroatoms. The van der Waals surface area contributed by atoms with Crippen molar-refractivity contribution in [3.8, 4) is 0 Å². The Bertz CT molecular complexity index is 319. The molecule has 2 aliphatic rings. The molecule has 1 unspecified atom stereocenters. The topological polar surface area (TPSA) is 35.6 Å². The third-order valence-corrected chi connectivity index (χ3v) is 5.17. The van der Waals surface area contributed by atoms with Crippen molar-refractivity contribution in [3.05, 3.63) is 0 Å². The van der Waals surface area contributed by atoms with Crippen LogP contribution >= 0.6 is 12.4 Å². The van der Waals surface area contributed by atoms with Gasteiger partial charge in [-0.25, -0.2) is 0 Å². The maximum Gasteiger partial charge on any atom is 0.236 e. The van der Waals surface area contributed by atoms with Gasteiger partial charge in [0, 0.05) is 12.6 Å². The van der Waals surface area contributed by atoms with Gasteiger partial charge in [-0.15, -0.1) is 12.4 Å². The summed E-state index contributed by atoms with van der Waals surface area (Å²) in [5, 5.41) is 3.44. The fourth-order valence-corrected chi connectivity index (χ4v) is 3.73. The van der Waals surface area contributed by atoms with Crippen molar-refractivity contribution >= 4 is 18.3 Å². The van der Waals surface area contributed by atoms with Crippen LogP contribution in [0.5, 0.6) is 0 Å². The second-order valence-corrected chi connectivity index (χ2v) is 6.67. The summed E-state index contributed by atoms with van der Waals surface area (Å²) in [7, 11) is 0. The first kappa shape index (κ1) is 19.7. The number of carbonyl (C=O) groups is 1. The monoisotopic (exact) mass is 331 g/mol. The van der Waals surface area contributed by atoms with Crippen LogP contribution in [0.15, 0.2) is 0 Å². The molecule has 1 amide bonds. The summed E-state index contributed by atoms with van der Waals surface area (Å²) in [6.07, 6.45) is 7.25. The van der Waals surface area contributed by atoms with E-state index in [1.54, 1.807) is 0 Å². The normalized spacial score (nSPS) is 24.1. The maximum atomic E-state index is 12.6. The van der Waals surface area contributed by atoms with Gasteiger partial charge in [-0.3, -0.25) is 9.69 Å². The molecule has 1 N–H and O–H groups in total. The predicted molar refractivity (Wildman–Crippen MR) is 94.6 cm³/mol.